The maximum atomic E-state index is 13.4. The van der Waals surface area contributed by atoms with Crippen LogP contribution in [0.1, 0.15) is 29.3 Å². The largest absolute Gasteiger partial charge is 0.381 e. The van der Waals surface area contributed by atoms with E-state index in [0.29, 0.717) is 30.9 Å². The van der Waals surface area contributed by atoms with Crippen molar-refractivity contribution in [2.24, 2.45) is 5.41 Å². The van der Waals surface area contributed by atoms with Crippen LogP contribution in [0.2, 0.25) is 0 Å². The predicted molar refractivity (Wildman–Crippen MR) is 101 cm³/mol. The van der Waals surface area contributed by atoms with Gasteiger partial charge in [-0.25, -0.2) is 12.8 Å². The molecule has 1 aliphatic rings. The predicted octanol–water partition coefficient (Wildman–Crippen LogP) is 3.59. The maximum absolute atomic E-state index is 13.4. The summed E-state index contributed by atoms with van der Waals surface area (Å²) in [5, 5.41) is 2.67. The van der Waals surface area contributed by atoms with Crippen LogP contribution in [-0.4, -0.2) is 33.3 Å². The first-order valence-corrected chi connectivity index (χ1v) is 10.3. The van der Waals surface area contributed by atoms with Gasteiger partial charge in [0, 0.05) is 23.3 Å². The van der Waals surface area contributed by atoms with Crippen molar-refractivity contribution in [1.29, 1.82) is 0 Å². The minimum Gasteiger partial charge on any atom is -0.381 e. The number of aryl methyl sites for hydroxylation is 1. The van der Waals surface area contributed by atoms with E-state index in [-0.39, 0.29) is 22.0 Å². The average Bonchev–Trinajstić information content (AvgIpc) is 3.03. The number of anilines is 1. The number of carbonyl (C=O) groups excluding carboxylic acids is 1. The fraction of sp³-hybridized carbons (Fsp3) is 0.350. The Morgan fingerprint density at radius 2 is 2.04 bits per heavy atom. The highest BCUT2D eigenvalue weighted by molar-refractivity contribution is 7.91. The highest BCUT2D eigenvalue weighted by Crippen LogP contribution is 2.31. The number of ether oxygens (including phenoxy) is 1. The molecule has 5 nitrogen and oxygen atoms in total. The molecule has 2 aromatic carbocycles. The first-order valence-electron chi connectivity index (χ1n) is 8.67. The van der Waals surface area contributed by atoms with Crippen molar-refractivity contribution >= 4 is 21.4 Å². The van der Waals surface area contributed by atoms with Gasteiger partial charge in [0.2, 0.25) is 0 Å². The van der Waals surface area contributed by atoms with Crippen LogP contribution >= 0.6 is 0 Å². The number of benzene rings is 2. The molecule has 2 aromatic rings. The lowest BCUT2D eigenvalue weighted by Crippen LogP contribution is -2.27. The van der Waals surface area contributed by atoms with Crippen LogP contribution in [0.4, 0.5) is 10.1 Å². The van der Waals surface area contributed by atoms with Crippen LogP contribution < -0.4 is 5.32 Å². The van der Waals surface area contributed by atoms with Crippen molar-refractivity contribution in [2.75, 3.05) is 24.3 Å². The summed E-state index contributed by atoms with van der Waals surface area (Å²) in [7, 11) is -3.55. The van der Waals surface area contributed by atoms with Gasteiger partial charge in [0.25, 0.3) is 5.91 Å². The first kappa shape index (κ1) is 19.5. The standard InChI is InChI=1S/C20H22FNO4S/c1-14-10-16(6-7-18(14)21)22-19(23)15-4-3-5-17(11-15)27(24,25)13-20(2)8-9-26-12-20/h3-7,10-11H,8-9,12-13H2,1-2H3,(H,22,23). The van der Waals surface area contributed by atoms with Crippen molar-refractivity contribution in [3.63, 3.8) is 0 Å². The molecule has 1 atom stereocenters. The number of hydrogen-bond acceptors (Lipinski definition) is 4. The van der Waals surface area contributed by atoms with Crippen LogP contribution in [0.15, 0.2) is 47.4 Å². The van der Waals surface area contributed by atoms with Crippen molar-refractivity contribution in [1.82, 2.24) is 0 Å². The molecule has 3 rings (SSSR count). The van der Waals surface area contributed by atoms with Gasteiger partial charge in [-0.3, -0.25) is 4.79 Å². The van der Waals surface area contributed by atoms with Crippen LogP contribution in [0.3, 0.4) is 0 Å². The molecule has 1 saturated heterocycles. The summed E-state index contributed by atoms with van der Waals surface area (Å²) >= 11 is 0. The van der Waals surface area contributed by atoms with Crippen LogP contribution in [0.25, 0.3) is 0 Å². The molecule has 0 bridgehead atoms. The second-order valence-corrected chi connectivity index (χ2v) is 9.31. The normalized spacial score (nSPS) is 19.8. The average molecular weight is 391 g/mol. The zero-order chi connectivity index (χ0) is 19.7. The van der Waals surface area contributed by atoms with Gasteiger partial charge in [-0.15, -0.1) is 0 Å². The Hall–Kier alpha value is -2.25. The number of sulfone groups is 1. The lowest BCUT2D eigenvalue weighted by Gasteiger charge is -2.21. The Balaban J connectivity index is 1.80. The van der Waals surface area contributed by atoms with Gasteiger partial charge in [-0.2, -0.15) is 0 Å². The second-order valence-electron chi connectivity index (χ2n) is 7.32. The number of carbonyl (C=O) groups is 1. The summed E-state index contributed by atoms with van der Waals surface area (Å²) in [5.74, 6) is -0.832. The van der Waals surface area contributed by atoms with Gasteiger partial charge in [-0.05, 0) is 55.3 Å². The summed E-state index contributed by atoms with van der Waals surface area (Å²) in [6.45, 7) is 4.47. The molecule has 1 N–H and O–H groups in total. The minimum absolute atomic E-state index is 0.0256. The quantitative estimate of drug-likeness (QED) is 0.846. The molecule has 7 heteroatoms. The number of halogens is 1. The Labute approximate surface area is 158 Å². The SMILES string of the molecule is Cc1cc(NC(=O)c2cccc(S(=O)(=O)CC3(C)CCOC3)c2)ccc1F. The van der Waals surface area contributed by atoms with E-state index < -0.39 is 21.2 Å². The fourth-order valence-corrected chi connectivity index (χ4v) is 5.03. The van der Waals surface area contributed by atoms with E-state index in [9.17, 15) is 17.6 Å². The van der Waals surface area contributed by atoms with Crippen molar-refractivity contribution in [3.05, 3.63) is 59.4 Å². The van der Waals surface area contributed by atoms with Gasteiger partial charge in [0.1, 0.15) is 5.82 Å². The second kappa shape index (κ2) is 7.40. The Kier molecular flexibility index (Phi) is 5.35. The molecule has 0 saturated carbocycles. The van der Waals surface area contributed by atoms with E-state index in [0.717, 1.165) is 0 Å². The van der Waals surface area contributed by atoms with Crippen LogP contribution in [0.5, 0.6) is 0 Å². The van der Waals surface area contributed by atoms with E-state index in [4.69, 9.17) is 4.74 Å². The smallest absolute Gasteiger partial charge is 0.255 e. The molecule has 0 aliphatic carbocycles. The van der Waals surface area contributed by atoms with E-state index in [1.165, 1.54) is 30.3 Å². The van der Waals surface area contributed by atoms with Crippen molar-refractivity contribution < 1.29 is 22.3 Å². The lowest BCUT2D eigenvalue weighted by molar-refractivity contribution is 0.102. The van der Waals surface area contributed by atoms with Crippen molar-refractivity contribution in [3.8, 4) is 0 Å². The number of amides is 1. The molecule has 144 valence electrons. The molecule has 27 heavy (non-hydrogen) atoms. The third kappa shape index (κ3) is 4.54. The Morgan fingerprint density at radius 3 is 2.70 bits per heavy atom. The molecule has 1 unspecified atom stereocenters. The van der Waals surface area contributed by atoms with E-state index >= 15 is 0 Å². The topological polar surface area (TPSA) is 72.5 Å². The molecule has 0 spiro atoms. The summed E-state index contributed by atoms with van der Waals surface area (Å²) in [5.41, 5.74) is 0.674. The summed E-state index contributed by atoms with van der Waals surface area (Å²) in [4.78, 5) is 12.6. The first-order chi connectivity index (χ1) is 12.7. The molecule has 0 radical (unpaired) electrons. The molecule has 1 fully saturated rings. The zero-order valence-electron chi connectivity index (χ0n) is 15.3. The lowest BCUT2D eigenvalue weighted by atomic mass is 9.93. The van der Waals surface area contributed by atoms with Gasteiger partial charge >= 0.3 is 0 Å². The van der Waals surface area contributed by atoms with Crippen molar-refractivity contribution in [2.45, 2.75) is 25.2 Å². The number of rotatable bonds is 5. The Bertz CT molecular complexity index is 966. The molecule has 0 aromatic heterocycles. The fourth-order valence-electron chi connectivity index (χ4n) is 3.12. The van der Waals surface area contributed by atoms with Crippen LogP contribution in [0, 0.1) is 18.2 Å². The van der Waals surface area contributed by atoms with Gasteiger partial charge < -0.3 is 10.1 Å². The highest BCUT2D eigenvalue weighted by Gasteiger charge is 2.35. The zero-order valence-corrected chi connectivity index (χ0v) is 16.1. The summed E-state index contributed by atoms with van der Waals surface area (Å²) < 4.78 is 44.2. The van der Waals surface area contributed by atoms with Gasteiger partial charge in [0.05, 0.1) is 17.3 Å². The molecule has 1 amide bonds. The summed E-state index contributed by atoms with van der Waals surface area (Å²) in [6, 6.07) is 10.2. The van der Waals surface area contributed by atoms with Gasteiger partial charge in [-0.1, -0.05) is 13.0 Å². The Morgan fingerprint density at radius 1 is 1.26 bits per heavy atom. The molecular formula is C20H22FNO4S. The maximum Gasteiger partial charge on any atom is 0.255 e. The van der Waals surface area contributed by atoms with Crippen LogP contribution in [-0.2, 0) is 14.6 Å². The molecule has 1 heterocycles. The van der Waals surface area contributed by atoms with E-state index in [1.54, 1.807) is 19.1 Å². The minimum atomic E-state index is -3.55. The monoisotopic (exact) mass is 391 g/mol. The number of nitrogens with one attached hydrogen (secondary N) is 1. The molecular weight excluding hydrogens is 369 g/mol. The van der Waals surface area contributed by atoms with Gasteiger partial charge in [0.15, 0.2) is 9.84 Å². The third-order valence-corrected chi connectivity index (χ3v) is 6.76. The van der Waals surface area contributed by atoms with E-state index in [1.807, 2.05) is 6.92 Å². The third-order valence-electron chi connectivity index (χ3n) is 4.71. The summed E-state index contributed by atoms with van der Waals surface area (Å²) in [6.07, 6.45) is 0.691. The molecule has 1 aliphatic heterocycles. The van der Waals surface area contributed by atoms with E-state index in [2.05, 4.69) is 5.32 Å². The number of hydrogen-bond donors (Lipinski definition) is 1. The highest BCUT2D eigenvalue weighted by atomic mass is 32.2.